The molecule has 0 aromatic carbocycles. The van der Waals surface area contributed by atoms with Crippen LogP contribution < -0.4 is 33.6 Å². The first-order chi connectivity index (χ1) is 20.0. The molecular formula is C26H52FN7O8. The van der Waals surface area contributed by atoms with Gasteiger partial charge in [0.2, 0.25) is 12.2 Å². The number of allylic oxidation sites excluding steroid dienone is 1. The Bertz CT molecular complexity index is 812. The second-order valence-corrected chi connectivity index (χ2v) is 10.4. The largest absolute Gasteiger partial charge is 0.468 e. The summed E-state index contributed by atoms with van der Waals surface area (Å²) in [5.41, 5.74) is 21.2. The number of carbonyl (C=O) groups is 1. The van der Waals surface area contributed by atoms with Gasteiger partial charge in [0.15, 0.2) is 12.2 Å². The number of guanidine groups is 1. The van der Waals surface area contributed by atoms with E-state index in [1.54, 1.807) is 0 Å². The molecule has 0 bridgehead atoms. The van der Waals surface area contributed by atoms with Gasteiger partial charge in [-0.2, -0.15) is 4.94 Å². The maximum atomic E-state index is 12.2. The van der Waals surface area contributed by atoms with E-state index in [-0.39, 0.29) is 37.3 Å². The van der Waals surface area contributed by atoms with Gasteiger partial charge in [-0.05, 0) is 55.8 Å². The van der Waals surface area contributed by atoms with E-state index in [4.69, 9.17) is 36.5 Å². The first kappa shape index (κ1) is 37.9. The third-order valence-corrected chi connectivity index (χ3v) is 6.74. The minimum atomic E-state index is -1.24. The van der Waals surface area contributed by atoms with Gasteiger partial charge in [0.1, 0.15) is 24.1 Å². The van der Waals surface area contributed by atoms with Crippen molar-refractivity contribution in [1.29, 1.82) is 0 Å². The Kier molecular flexibility index (Phi) is 18.7. The average molecular weight is 610 g/mol. The Balaban J connectivity index is 0.000000613. The molecule has 0 spiro atoms. The van der Waals surface area contributed by atoms with Crippen LogP contribution in [0.5, 0.6) is 0 Å². The Morgan fingerprint density at radius 3 is 2.55 bits per heavy atom. The summed E-state index contributed by atoms with van der Waals surface area (Å²) in [6.07, 6.45) is -0.169. The van der Waals surface area contributed by atoms with Crippen LogP contribution in [0.2, 0.25) is 0 Å². The van der Waals surface area contributed by atoms with E-state index in [0.717, 1.165) is 18.7 Å². The number of amides is 1. The maximum absolute atomic E-state index is 12.2. The number of ether oxygens (including phenoxy) is 3. The van der Waals surface area contributed by atoms with E-state index in [2.05, 4.69) is 26.3 Å². The molecule has 1 aliphatic carbocycles. The monoisotopic (exact) mass is 609 g/mol. The first-order valence-electron chi connectivity index (χ1n) is 14.4. The number of nitrogens with one attached hydrogen (secondary N) is 2. The third-order valence-electron chi connectivity index (χ3n) is 6.74. The number of nitrogens with two attached hydrogens (primary N) is 4. The topological polar surface area (TPSA) is 255 Å². The SMILES string of the molecule is CC1COC(OF)C(O)C1.CCNCC1=CCC[C@@H](O[C@@H]2C(N)CC(NC(=O)C(O)CCN=C(N)N)CC2O)O1.CN. The highest BCUT2D eigenvalue weighted by atomic mass is 19.3. The molecule has 7 unspecified atom stereocenters. The van der Waals surface area contributed by atoms with Crippen LogP contribution in [0.25, 0.3) is 0 Å². The van der Waals surface area contributed by atoms with Gasteiger partial charge in [0, 0.05) is 31.5 Å². The lowest BCUT2D eigenvalue weighted by atomic mass is 9.86. The number of nitrogens with zero attached hydrogens (tertiary/aromatic N) is 1. The van der Waals surface area contributed by atoms with Crippen molar-refractivity contribution in [2.45, 2.75) is 101 Å². The third kappa shape index (κ3) is 13.9. The molecule has 15 nitrogen and oxygen atoms in total. The molecule has 246 valence electrons. The van der Waals surface area contributed by atoms with Crippen molar-refractivity contribution in [1.82, 2.24) is 10.6 Å². The average Bonchev–Trinajstić information content (AvgIpc) is 2.95. The zero-order valence-electron chi connectivity index (χ0n) is 24.9. The fourth-order valence-electron chi connectivity index (χ4n) is 4.66. The second kappa shape index (κ2) is 20.7. The minimum absolute atomic E-state index is 0.0958. The van der Waals surface area contributed by atoms with Crippen molar-refractivity contribution in [3.63, 3.8) is 0 Å². The lowest BCUT2D eigenvalue weighted by Gasteiger charge is -2.40. The molecule has 0 aromatic heterocycles. The van der Waals surface area contributed by atoms with Crippen molar-refractivity contribution in [3.05, 3.63) is 11.8 Å². The summed E-state index contributed by atoms with van der Waals surface area (Å²) in [7, 11) is 1.50. The van der Waals surface area contributed by atoms with Gasteiger partial charge in [0.25, 0.3) is 0 Å². The number of hydrogen-bond acceptors (Lipinski definition) is 12. The van der Waals surface area contributed by atoms with Gasteiger partial charge >= 0.3 is 0 Å². The predicted octanol–water partition coefficient (Wildman–Crippen LogP) is -1.80. The highest BCUT2D eigenvalue weighted by Gasteiger charge is 2.39. The molecule has 0 radical (unpaired) electrons. The van der Waals surface area contributed by atoms with E-state index < -0.39 is 48.9 Å². The molecule has 1 saturated heterocycles. The number of likely N-dealkylation sites (N-methyl/N-ethyl adjacent to an activating group) is 1. The number of hydrogen-bond donors (Lipinski definition) is 9. The van der Waals surface area contributed by atoms with Crippen LogP contribution in [0, 0.1) is 5.92 Å². The van der Waals surface area contributed by atoms with Gasteiger partial charge in [-0.3, -0.25) is 9.79 Å². The molecule has 2 fully saturated rings. The zero-order valence-corrected chi connectivity index (χ0v) is 24.9. The molecule has 2 aliphatic heterocycles. The van der Waals surface area contributed by atoms with Crippen LogP contribution in [0.3, 0.4) is 0 Å². The smallest absolute Gasteiger partial charge is 0.249 e. The summed E-state index contributed by atoms with van der Waals surface area (Å²) in [4.78, 5) is 19.3. The number of halogens is 1. The van der Waals surface area contributed by atoms with Gasteiger partial charge in [0.05, 0.1) is 19.3 Å². The number of aliphatic imine (C=N–C) groups is 1. The maximum Gasteiger partial charge on any atom is 0.249 e. The van der Waals surface area contributed by atoms with E-state index in [1.165, 1.54) is 7.05 Å². The predicted molar refractivity (Wildman–Crippen MR) is 154 cm³/mol. The van der Waals surface area contributed by atoms with Crippen molar-refractivity contribution in [2.75, 3.05) is 33.3 Å². The summed E-state index contributed by atoms with van der Waals surface area (Å²) in [5, 5.41) is 35.5. The molecule has 0 aromatic rings. The molecule has 3 rings (SSSR count). The number of aliphatic hydroxyl groups excluding tert-OH is 3. The quantitative estimate of drug-likeness (QED) is 0.0926. The molecule has 2 heterocycles. The first-order valence-corrected chi connectivity index (χ1v) is 14.4. The van der Waals surface area contributed by atoms with Crippen molar-refractivity contribution >= 4 is 11.9 Å². The van der Waals surface area contributed by atoms with Crippen molar-refractivity contribution < 1.29 is 43.8 Å². The fourth-order valence-corrected chi connectivity index (χ4v) is 4.66. The summed E-state index contributed by atoms with van der Waals surface area (Å²) >= 11 is 0. The number of rotatable bonds is 11. The highest BCUT2D eigenvalue weighted by molar-refractivity contribution is 5.81. The van der Waals surface area contributed by atoms with E-state index in [9.17, 15) is 19.5 Å². The van der Waals surface area contributed by atoms with Gasteiger partial charge < -0.3 is 63.1 Å². The van der Waals surface area contributed by atoms with E-state index in [1.807, 2.05) is 19.9 Å². The van der Waals surface area contributed by atoms with Crippen LogP contribution >= 0.6 is 0 Å². The van der Waals surface area contributed by atoms with Crippen LogP contribution in [0.15, 0.2) is 16.8 Å². The van der Waals surface area contributed by atoms with Gasteiger partial charge in [-0.1, -0.05) is 13.8 Å². The highest BCUT2D eigenvalue weighted by Crippen LogP contribution is 2.26. The summed E-state index contributed by atoms with van der Waals surface area (Å²) in [6, 6.07) is -0.846. The van der Waals surface area contributed by atoms with Crippen molar-refractivity contribution in [2.24, 2.45) is 33.8 Å². The fraction of sp³-hybridized carbons (Fsp3) is 0.846. The van der Waals surface area contributed by atoms with Gasteiger partial charge in [-0.25, -0.2) is 0 Å². The van der Waals surface area contributed by atoms with E-state index >= 15 is 0 Å². The molecule has 13 N–H and O–H groups in total. The van der Waals surface area contributed by atoms with E-state index in [0.29, 0.717) is 32.4 Å². The zero-order chi connectivity index (χ0) is 31.7. The Hall–Kier alpha value is -2.15. The molecule has 16 heteroatoms. The summed E-state index contributed by atoms with van der Waals surface area (Å²) in [6.45, 7) is 6.02. The van der Waals surface area contributed by atoms with Crippen LogP contribution in [-0.2, 0) is 23.9 Å². The van der Waals surface area contributed by atoms with Crippen LogP contribution in [0.1, 0.15) is 52.4 Å². The standard InChI is InChI=1S/C19H36N6O5.C6H11FO3.CH5N/c1-2-23-10-12-4-3-5-16(29-12)30-17-13(20)8-11(9-15(17)27)25-18(28)14(26)6-7-24-19(21)22;1-4-2-5(8)6(10-7)9-3-4;1-2/h4,11,13-17,23,26-27H,2-3,5-10,20H2,1H3,(H,25,28)(H4,21,22,24);4-6,8H,2-3H2,1H3;2H2,1H3/t11?,13?,14?,15?,16-,17-;;/m1../s1. The lowest BCUT2D eigenvalue weighted by molar-refractivity contribution is -0.319. The van der Waals surface area contributed by atoms with Crippen LogP contribution in [0.4, 0.5) is 4.53 Å². The van der Waals surface area contributed by atoms with Crippen molar-refractivity contribution in [3.8, 4) is 0 Å². The molecule has 1 amide bonds. The summed E-state index contributed by atoms with van der Waals surface area (Å²) in [5.74, 6) is 0.466. The number of carbonyl (C=O) groups excluding carboxylic acids is 1. The molecular weight excluding hydrogens is 557 g/mol. The Morgan fingerprint density at radius 2 is 1.95 bits per heavy atom. The molecule has 3 aliphatic rings. The Labute approximate surface area is 247 Å². The molecule has 1 saturated carbocycles. The lowest BCUT2D eigenvalue weighted by Crippen LogP contribution is -2.57. The van der Waals surface area contributed by atoms with Gasteiger partial charge in [-0.15, -0.1) is 0 Å². The second-order valence-electron chi connectivity index (χ2n) is 10.4. The Morgan fingerprint density at radius 1 is 1.24 bits per heavy atom. The normalized spacial score (nSPS) is 31.5. The minimum Gasteiger partial charge on any atom is -0.468 e. The summed E-state index contributed by atoms with van der Waals surface area (Å²) < 4.78 is 28.1. The molecule has 9 atom stereocenters. The van der Waals surface area contributed by atoms with Crippen LogP contribution in [-0.4, -0.2) is 110 Å². The number of aliphatic hydroxyl groups is 3. The molecule has 42 heavy (non-hydrogen) atoms.